The van der Waals surface area contributed by atoms with E-state index in [-0.39, 0.29) is 18.2 Å². The van der Waals surface area contributed by atoms with Gasteiger partial charge >= 0.3 is 5.97 Å². The number of hydrogen-bond donors (Lipinski definition) is 0. The second-order valence-electron chi connectivity index (χ2n) is 5.94. The highest BCUT2D eigenvalue weighted by Gasteiger charge is 2.38. The highest BCUT2D eigenvalue weighted by Crippen LogP contribution is 2.37. The number of unbranched alkanes of at least 4 members (excludes halogenated alkanes) is 3. The predicted molar refractivity (Wildman–Crippen MR) is 96.4 cm³/mol. The number of hydrogen-bond acceptors (Lipinski definition) is 6. The third-order valence-electron chi connectivity index (χ3n) is 4.19. The standard InChI is InChI=1S/C20H23NO5/c1-3-5-6-7-11-16(20(24)25-4-2)21-17(13-22)15-10-8-9-12-18(15)26-19(21)14-23/h8-10,12,16H,3-7,11H2,1-2H3. The number of carbonyl (C=O) groups excluding carboxylic acids is 3. The van der Waals surface area contributed by atoms with Gasteiger partial charge in [-0.2, -0.15) is 0 Å². The minimum atomic E-state index is -0.840. The van der Waals surface area contributed by atoms with E-state index in [9.17, 15) is 14.4 Å². The summed E-state index contributed by atoms with van der Waals surface area (Å²) < 4.78 is 10.7. The van der Waals surface area contributed by atoms with Crippen LogP contribution in [0.4, 0.5) is 0 Å². The molecule has 1 aliphatic heterocycles. The summed E-state index contributed by atoms with van der Waals surface area (Å²) in [6.07, 6.45) is 4.23. The van der Waals surface area contributed by atoms with Crippen LogP contribution in [0.15, 0.2) is 30.1 Å². The van der Waals surface area contributed by atoms with Gasteiger partial charge in [-0.1, -0.05) is 44.7 Å². The summed E-state index contributed by atoms with van der Waals surface area (Å²) in [6, 6.07) is 5.96. The van der Waals surface area contributed by atoms with Crippen molar-refractivity contribution in [1.82, 2.24) is 4.90 Å². The highest BCUT2D eigenvalue weighted by molar-refractivity contribution is 5.93. The predicted octanol–water partition coefficient (Wildman–Crippen LogP) is 3.13. The third-order valence-corrected chi connectivity index (χ3v) is 4.19. The number of rotatable bonds is 8. The van der Waals surface area contributed by atoms with Gasteiger partial charge < -0.3 is 9.47 Å². The van der Waals surface area contributed by atoms with Gasteiger partial charge in [-0.05, 0) is 25.5 Å². The van der Waals surface area contributed by atoms with Gasteiger partial charge in [-0.25, -0.2) is 14.4 Å². The van der Waals surface area contributed by atoms with Crippen LogP contribution in [0.5, 0.6) is 5.75 Å². The topological polar surface area (TPSA) is 72.9 Å². The summed E-state index contributed by atoms with van der Waals surface area (Å²) in [5.41, 5.74) is 0.558. The van der Waals surface area contributed by atoms with E-state index in [4.69, 9.17) is 9.47 Å². The summed E-state index contributed by atoms with van der Waals surface area (Å²) in [4.78, 5) is 37.0. The molecule has 1 unspecified atom stereocenters. The number of fused-ring (bicyclic) bond motifs is 1. The molecule has 0 N–H and O–H groups in total. The maximum Gasteiger partial charge on any atom is 0.329 e. The van der Waals surface area contributed by atoms with Crippen LogP contribution in [-0.2, 0) is 19.1 Å². The van der Waals surface area contributed by atoms with Crippen LogP contribution in [0.2, 0.25) is 0 Å². The van der Waals surface area contributed by atoms with E-state index in [1.807, 2.05) is 5.94 Å². The van der Waals surface area contributed by atoms with Crippen molar-refractivity contribution in [1.29, 1.82) is 0 Å². The molecule has 0 amide bonds. The average Bonchev–Trinajstić information content (AvgIpc) is 2.67. The van der Waals surface area contributed by atoms with E-state index in [0.29, 0.717) is 17.7 Å². The van der Waals surface area contributed by atoms with Gasteiger partial charge in [0.1, 0.15) is 17.5 Å². The molecular formula is C20H23NO5. The second-order valence-corrected chi connectivity index (χ2v) is 5.94. The van der Waals surface area contributed by atoms with Crippen molar-refractivity contribution in [2.45, 2.75) is 52.0 Å². The fraction of sp³-hybridized carbons (Fsp3) is 0.450. The minimum Gasteiger partial charge on any atom is -0.464 e. The zero-order valence-electron chi connectivity index (χ0n) is 15.1. The number of esters is 1. The Balaban J connectivity index is 2.41. The molecule has 0 saturated carbocycles. The Morgan fingerprint density at radius 2 is 1.92 bits per heavy atom. The molecule has 0 spiro atoms. The first-order valence-electron chi connectivity index (χ1n) is 8.91. The molecule has 1 heterocycles. The van der Waals surface area contributed by atoms with Gasteiger partial charge in [0.05, 0.1) is 12.2 Å². The molecule has 26 heavy (non-hydrogen) atoms. The Bertz CT molecular complexity index is 744. The Morgan fingerprint density at radius 3 is 2.58 bits per heavy atom. The van der Waals surface area contributed by atoms with Crippen LogP contribution >= 0.6 is 0 Å². The zero-order valence-corrected chi connectivity index (χ0v) is 15.1. The van der Waals surface area contributed by atoms with Crippen molar-refractivity contribution in [3.63, 3.8) is 0 Å². The van der Waals surface area contributed by atoms with Crippen LogP contribution in [0.25, 0.3) is 5.70 Å². The lowest BCUT2D eigenvalue weighted by Crippen LogP contribution is -2.44. The molecular weight excluding hydrogens is 334 g/mol. The van der Waals surface area contributed by atoms with Crippen molar-refractivity contribution in [2.24, 2.45) is 0 Å². The van der Waals surface area contributed by atoms with Gasteiger partial charge in [0, 0.05) is 0 Å². The molecule has 0 radical (unpaired) electrons. The molecule has 1 aromatic rings. The van der Waals surface area contributed by atoms with Gasteiger partial charge in [0.2, 0.25) is 0 Å². The molecule has 1 aromatic carbocycles. The fourth-order valence-electron chi connectivity index (χ4n) is 2.96. The lowest BCUT2D eigenvalue weighted by Gasteiger charge is -2.35. The van der Waals surface area contributed by atoms with E-state index in [2.05, 4.69) is 6.92 Å². The van der Waals surface area contributed by atoms with E-state index >= 15 is 0 Å². The molecule has 1 atom stereocenters. The summed E-state index contributed by atoms with van der Waals surface area (Å²) in [7, 11) is 0. The number of carbonyl (C=O) groups is 1. The molecule has 0 aromatic heterocycles. The van der Waals surface area contributed by atoms with Crippen molar-refractivity contribution >= 4 is 23.5 Å². The normalized spacial score (nSPS) is 14.0. The number of nitrogens with zero attached hydrogens (tertiary/aromatic N) is 1. The largest absolute Gasteiger partial charge is 0.464 e. The zero-order chi connectivity index (χ0) is 18.9. The molecule has 0 bridgehead atoms. The van der Waals surface area contributed by atoms with Gasteiger partial charge in [-0.15, -0.1) is 0 Å². The first-order valence-corrected chi connectivity index (χ1v) is 8.91. The van der Waals surface area contributed by atoms with E-state index in [1.54, 1.807) is 37.1 Å². The quantitative estimate of drug-likeness (QED) is 0.404. The Labute approximate surface area is 153 Å². The van der Waals surface area contributed by atoms with E-state index in [1.165, 1.54) is 4.90 Å². The summed E-state index contributed by atoms with van der Waals surface area (Å²) in [5.74, 6) is 3.18. The number of benzene rings is 1. The third kappa shape index (κ3) is 4.23. The lowest BCUT2D eigenvalue weighted by atomic mass is 10.0. The van der Waals surface area contributed by atoms with Gasteiger partial charge in [0.25, 0.3) is 5.88 Å². The highest BCUT2D eigenvalue weighted by atomic mass is 16.5. The molecule has 1 aliphatic rings. The maximum atomic E-state index is 12.5. The SMILES string of the molecule is CCCCCCC(C(=O)OCC)N1C(=C=O)Oc2ccccc2C1=C=O. The lowest BCUT2D eigenvalue weighted by molar-refractivity contribution is -0.148. The molecule has 0 saturated heterocycles. The monoisotopic (exact) mass is 357 g/mol. The van der Waals surface area contributed by atoms with Gasteiger partial charge in [-0.3, -0.25) is 4.90 Å². The molecule has 2 rings (SSSR count). The average molecular weight is 357 g/mol. The summed E-state index contributed by atoms with van der Waals surface area (Å²) in [6.45, 7) is 4.01. The number of ether oxygens (including phenoxy) is 2. The van der Waals surface area contributed by atoms with Gasteiger partial charge in [0.15, 0.2) is 11.9 Å². The molecule has 0 fully saturated rings. The van der Waals surface area contributed by atoms with E-state index in [0.717, 1.165) is 25.7 Å². The van der Waals surface area contributed by atoms with E-state index < -0.39 is 12.0 Å². The first kappa shape index (κ1) is 19.5. The Hall–Kier alpha value is -2.81. The maximum absolute atomic E-state index is 12.5. The molecule has 6 heteroatoms. The fourth-order valence-corrected chi connectivity index (χ4v) is 2.96. The molecule has 138 valence electrons. The van der Waals surface area contributed by atoms with Crippen LogP contribution in [0, 0.1) is 0 Å². The van der Waals surface area contributed by atoms with Crippen LogP contribution in [0.1, 0.15) is 51.5 Å². The van der Waals surface area contributed by atoms with Crippen molar-refractivity contribution in [3.05, 3.63) is 35.7 Å². The van der Waals surface area contributed by atoms with Crippen molar-refractivity contribution in [3.8, 4) is 5.75 Å². The second kappa shape index (κ2) is 9.62. The minimum absolute atomic E-state index is 0.0822. The van der Waals surface area contributed by atoms with Crippen LogP contribution < -0.4 is 4.74 Å². The van der Waals surface area contributed by atoms with Crippen molar-refractivity contribution in [2.75, 3.05) is 6.61 Å². The van der Waals surface area contributed by atoms with Crippen molar-refractivity contribution < 1.29 is 23.9 Å². The Kier molecular flexibility index (Phi) is 7.22. The molecule has 6 nitrogen and oxygen atoms in total. The van der Waals surface area contributed by atoms with Crippen LogP contribution in [0.3, 0.4) is 0 Å². The smallest absolute Gasteiger partial charge is 0.329 e. The number of para-hydroxylation sites is 1. The Morgan fingerprint density at radius 1 is 1.15 bits per heavy atom. The molecule has 0 aliphatic carbocycles. The van der Waals surface area contributed by atoms with Crippen LogP contribution in [-0.4, -0.2) is 35.4 Å². The summed E-state index contributed by atoms with van der Waals surface area (Å²) >= 11 is 0. The first-order chi connectivity index (χ1) is 12.7. The summed E-state index contributed by atoms with van der Waals surface area (Å²) in [5, 5.41) is 0.